The lowest BCUT2D eigenvalue weighted by molar-refractivity contribution is 0.0710. The van der Waals surface area contributed by atoms with E-state index in [9.17, 15) is 4.79 Å². The molecule has 1 aromatic heterocycles. The van der Waals surface area contributed by atoms with E-state index in [1.807, 2.05) is 47.4 Å². The van der Waals surface area contributed by atoms with Gasteiger partial charge in [-0.15, -0.1) is 0 Å². The highest BCUT2D eigenvalue weighted by atomic mass is 35.5. The van der Waals surface area contributed by atoms with Crippen LogP contribution in [0.4, 0.5) is 5.69 Å². The zero-order valence-electron chi connectivity index (χ0n) is 16.1. The Bertz CT molecular complexity index is 1010. The van der Waals surface area contributed by atoms with Crippen LogP contribution < -0.4 is 4.90 Å². The van der Waals surface area contributed by atoms with Gasteiger partial charge in [0.15, 0.2) is 5.76 Å². The topological polar surface area (TPSA) is 45.9 Å². The highest BCUT2D eigenvalue weighted by Crippen LogP contribution is 2.29. The molecule has 4 rings (SSSR count). The first kappa shape index (κ1) is 18.8. The molecular weight excluding hydrogens is 376 g/mol. The molecule has 0 bridgehead atoms. The summed E-state index contributed by atoms with van der Waals surface area (Å²) < 4.78 is 11.2. The highest BCUT2D eigenvalue weighted by molar-refractivity contribution is 6.30. The molecule has 6 heteroatoms. The molecular formula is C22H23ClN2O3. The maximum absolute atomic E-state index is 13.2. The van der Waals surface area contributed by atoms with Crippen LogP contribution in [0.15, 0.2) is 46.9 Å². The first-order valence-electron chi connectivity index (χ1n) is 9.38. The molecule has 146 valence electrons. The molecule has 3 aromatic rings. The van der Waals surface area contributed by atoms with E-state index in [0.29, 0.717) is 31.0 Å². The van der Waals surface area contributed by atoms with E-state index in [2.05, 4.69) is 11.8 Å². The minimum Gasteiger partial charge on any atom is -0.451 e. The smallest absolute Gasteiger partial charge is 0.290 e. The number of amides is 1. The van der Waals surface area contributed by atoms with Gasteiger partial charge in [-0.05, 0) is 30.7 Å². The van der Waals surface area contributed by atoms with Crippen molar-refractivity contribution in [2.75, 3.05) is 38.2 Å². The standard InChI is InChI=1S/C22H23ClN2O3/c1-15-7-8-16(23)13-19(15)24-9-11-25(12-10-24)22(26)21-18(14-27-2)17-5-3-4-6-20(17)28-21/h3-8,13H,9-12,14H2,1-2H3. The number of benzene rings is 2. The second kappa shape index (κ2) is 7.86. The second-order valence-corrected chi connectivity index (χ2v) is 7.49. The van der Waals surface area contributed by atoms with Crippen molar-refractivity contribution < 1.29 is 13.9 Å². The van der Waals surface area contributed by atoms with Crippen molar-refractivity contribution in [2.45, 2.75) is 13.5 Å². The van der Waals surface area contributed by atoms with Crippen LogP contribution in [0.5, 0.6) is 0 Å². The summed E-state index contributed by atoms with van der Waals surface area (Å²) in [5.41, 5.74) is 3.84. The third-order valence-corrected chi connectivity index (χ3v) is 5.50. The SMILES string of the molecule is COCc1c(C(=O)N2CCN(c3cc(Cl)ccc3C)CC2)oc2ccccc12. The zero-order valence-corrected chi connectivity index (χ0v) is 16.8. The van der Waals surface area contributed by atoms with Gasteiger partial charge in [0.1, 0.15) is 5.58 Å². The van der Waals surface area contributed by atoms with Crippen molar-refractivity contribution in [3.63, 3.8) is 0 Å². The summed E-state index contributed by atoms with van der Waals surface area (Å²) in [6.45, 7) is 5.20. The average Bonchev–Trinajstić information content (AvgIpc) is 3.08. The van der Waals surface area contributed by atoms with E-state index in [1.165, 1.54) is 5.56 Å². The van der Waals surface area contributed by atoms with Gasteiger partial charge >= 0.3 is 0 Å². The molecule has 1 saturated heterocycles. The predicted molar refractivity (Wildman–Crippen MR) is 111 cm³/mol. The van der Waals surface area contributed by atoms with Crippen molar-refractivity contribution in [3.8, 4) is 0 Å². The van der Waals surface area contributed by atoms with Crippen LogP contribution in [0.3, 0.4) is 0 Å². The number of carbonyl (C=O) groups excluding carboxylic acids is 1. The number of aryl methyl sites for hydroxylation is 1. The van der Waals surface area contributed by atoms with Crippen LogP contribution in [0.25, 0.3) is 11.0 Å². The molecule has 0 saturated carbocycles. The number of carbonyl (C=O) groups is 1. The van der Waals surface area contributed by atoms with E-state index in [0.717, 1.165) is 34.7 Å². The van der Waals surface area contributed by atoms with Gasteiger partial charge in [-0.25, -0.2) is 0 Å². The van der Waals surface area contributed by atoms with Crippen LogP contribution in [0, 0.1) is 6.92 Å². The van der Waals surface area contributed by atoms with Crippen LogP contribution in [-0.4, -0.2) is 44.1 Å². The minimum atomic E-state index is -0.0780. The quantitative estimate of drug-likeness (QED) is 0.649. The number of rotatable bonds is 4. The number of fused-ring (bicyclic) bond motifs is 1. The molecule has 0 spiro atoms. The monoisotopic (exact) mass is 398 g/mol. The Morgan fingerprint density at radius 3 is 2.64 bits per heavy atom. The fourth-order valence-electron chi connectivity index (χ4n) is 3.78. The first-order chi connectivity index (χ1) is 13.6. The number of methoxy groups -OCH3 is 1. The van der Waals surface area contributed by atoms with Gasteiger partial charge in [0.25, 0.3) is 5.91 Å². The Balaban J connectivity index is 1.54. The van der Waals surface area contributed by atoms with Gasteiger partial charge in [0.05, 0.1) is 6.61 Å². The van der Waals surface area contributed by atoms with Gasteiger partial charge in [-0.1, -0.05) is 35.9 Å². The number of halogens is 1. The Hall–Kier alpha value is -2.50. The Morgan fingerprint density at radius 1 is 1.14 bits per heavy atom. The van der Waals surface area contributed by atoms with Crippen molar-refractivity contribution >= 4 is 34.2 Å². The largest absolute Gasteiger partial charge is 0.451 e. The molecule has 0 N–H and O–H groups in total. The lowest BCUT2D eigenvalue weighted by atomic mass is 10.1. The molecule has 2 heterocycles. The van der Waals surface area contributed by atoms with Gasteiger partial charge < -0.3 is 19.0 Å². The number of para-hydroxylation sites is 1. The second-order valence-electron chi connectivity index (χ2n) is 7.05. The molecule has 1 aliphatic rings. The predicted octanol–water partition coefficient (Wildman–Crippen LogP) is 4.50. The maximum Gasteiger partial charge on any atom is 0.290 e. The third-order valence-electron chi connectivity index (χ3n) is 5.26. The summed E-state index contributed by atoms with van der Waals surface area (Å²) in [6, 6.07) is 13.6. The van der Waals surface area contributed by atoms with Crippen LogP contribution >= 0.6 is 11.6 Å². The van der Waals surface area contributed by atoms with Gasteiger partial charge in [0, 0.05) is 54.9 Å². The van der Waals surface area contributed by atoms with Gasteiger partial charge in [0.2, 0.25) is 0 Å². The fourth-order valence-corrected chi connectivity index (χ4v) is 3.94. The van der Waals surface area contributed by atoms with E-state index >= 15 is 0 Å². The molecule has 1 amide bonds. The molecule has 1 fully saturated rings. The van der Waals surface area contributed by atoms with E-state index < -0.39 is 0 Å². The Morgan fingerprint density at radius 2 is 1.89 bits per heavy atom. The third kappa shape index (κ3) is 3.48. The minimum absolute atomic E-state index is 0.0780. The number of anilines is 1. The number of hydrogen-bond donors (Lipinski definition) is 0. The van der Waals surface area contributed by atoms with E-state index in [4.69, 9.17) is 20.8 Å². The number of furan rings is 1. The van der Waals surface area contributed by atoms with E-state index in [-0.39, 0.29) is 5.91 Å². The molecule has 5 nitrogen and oxygen atoms in total. The maximum atomic E-state index is 13.2. The highest BCUT2D eigenvalue weighted by Gasteiger charge is 2.28. The number of hydrogen-bond acceptors (Lipinski definition) is 4. The van der Waals surface area contributed by atoms with Crippen molar-refractivity contribution in [1.82, 2.24) is 4.90 Å². The molecule has 0 aliphatic carbocycles. The number of piperazine rings is 1. The molecule has 0 radical (unpaired) electrons. The summed E-state index contributed by atoms with van der Waals surface area (Å²) >= 11 is 6.17. The first-order valence-corrected chi connectivity index (χ1v) is 9.76. The summed E-state index contributed by atoms with van der Waals surface area (Å²) in [4.78, 5) is 17.3. The summed E-state index contributed by atoms with van der Waals surface area (Å²) in [5.74, 6) is 0.307. The Kier molecular flexibility index (Phi) is 5.29. The Labute approximate surface area is 169 Å². The van der Waals surface area contributed by atoms with Crippen LogP contribution in [0.1, 0.15) is 21.7 Å². The lowest BCUT2D eigenvalue weighted by Gasteiger charge is -2.36. The average molecular weight is 399 g/mol. The number of ether oxygens (including phenoxy) is 1. The van der Waals surface area contributed by atoms with Crippen LogP contribution in [-0.2, 0) is 11.3 Å². The van der Waals surface area contributed by atoms with Gasteiger partial charge in [-0.2, -0.15) is 0 Å². The summed E-state index contributed by atoms with van der Waals surface area (Å²) in [5, 5.41) is 1.66. The van der Waals surface area contributed by atoms with Crippen LogP contribution in [0.2, 0.25) is 5.02 Å². The summed E-state index contributed by atoms with van der Waals surface area (Å²) in [6.07, 6.45) is 0. The molecule has 0 atom stereocenters. The fraction of sp³-hybridized carbons (Fsp3) is 0.318. The van der Waals surface area contributed by atoms with Crippen molar-refractivity contribution in [2.24, 2.45) is 0 Å². The normalized spacial score (nSPS) is 14.7. The molecule has 0 unspecified atom stereocenters. The zero-order chi connectivity index (χ0) is 19.7. The van der Waals surface area contributed by atoms with Crippen molar-refractivity contribution in [1.29, 1.82) is 0 Å². The molecule has 28 heavy (non-hydrogen) atoms. The van der Waals surface area contributed by atoms with Crippen molar-refractivity contribution in [3.05, 3.63) is 64.4 Å². The van der Waals surface area contributed by atoms with E-state index in [1.54, 1.807) is 7.11 Å². The summed E-state index contributed by atoms with van der Waals surface area (Å²) in [7, 11) is 1.63. The lowest BCUT2D eigenvalue weighted by Crippen LogP contribution is -2.49. The number of nitrogens with zero attached hydrogens (tertiary/aromatic N) is 2. The van der Waals surface area contributed by atoms with Gasteiger partial charge in [-0.3, -0.25) is 4.79 Å². The molecule has 1 aliphatic heterocycles. The molecule has 2 aromatic carbocycles.